The average molecular weight is 580 g/mol. The Labute approximate surface area is 254 Å². The summed E-state index contributed by atoms with van der Waals surface area (Å²) in [5.74, 6) is 1.03. The van der Waals surface area contributed by atoms with Gasteiger partial charge in [0.1, 0.15) is 11.4 Å². The monoisotopic (exact) mass is 579 g/mol. The summed E-state index contributed by atoms with van der Waals surface area (Å²) in [6.07, 6.45) is 1.38. The Hall–Kier alpha value is -4.16. The minimum absolute atomic E-state index is 0.122. The first-order valence-electron chi connectivity index (χ1n) is 15.1. The number of amides is 1. The van der Waals surface area contributed by atoms with Crippen LogP contribution in [0.15, 0.2) is 97.1 Å². The van der Waals surface area contributed by atoms with E-state index in [0.29, 0.717) is 39.1 Å². The number of hydrogen-bond donors (Lipinski definition) is 0. The number of fused-ring (bicyclic) bond motifs is 1. The van der Waals surface area contributed by atoms with Crippen LogP contribution in [0.5, 0.6) is 5.75 Å². The summed E-state index contributed by atoms with van der Waals surface area (Å²) < 4.78 is 18.2. The summed E-state index contributed by atoms with van der Waals surface area (Å²) in [4.78, 5) is 27.0. The summed E-state index contributed by atoms with van der Waals surface area (Å²) in [7, 11) is 0. The number of piperidine rings is 1. The normalized spacial score (nSPS) is 17.0. The Balaban J connectivity index is 1.22. The molecule has 0 radical (unpaired) electrons. The van der Waals surface area contributed by atoms with E-state index in [2.05, 4.69) is 42.5 Å². The highest BCUT2D eigenvalue weighted by atomic mass is 16.6. The number of nitrogens with zero attached hydrogens (tertiary/aromatic N) is 1. The molecule has 6 heteroatoms. The van der Waals surface area contributed by atoms with Crippen molar-refractivity contribution in [2.75, 3.05) is 19.7 Å². The SMILES string of the molecule is CC(C)(C)OC(=O)N1CCC(c2ccc(OCCCC(=O)c3ccccc3)cc2)C(OCc2ccc3ccccc3c2)C1. The Kier molecular flexibility index (Phi) is 9.78. The van der Waals surface area contributed by atoms with E-state index in [0.717, 1.165) is 28.9 Å². The molecule has 0 bridgehead atoms. The second-order valence-corrected chi connectivity index (χ2v) is 12.2. The van der Waals surface area contributed by atoms with Crippen molar-refractivity contribution in [1.82, 2.24) is 4.90 Å². The van der Waals surface area contributed by atoms with E-state index < -0.39 is 5.60 Å². The number of rotatable bonds is 10. The molecular weight excluding hydrogens is 538 g/mol. The van der Waals surface area contributed by atoms with E-state index in [9.17, 15) is 9.59 Å². The lowest BCUT2D eigenvalue weighted by atomic mass is 9.87. The maximum absolute atomic E-state index is 12.9. The molecule has 1 aliphatic heterocycles. The molecule has 4 aromatic carbocycles. The largest absolute Gasteiger partial charge is 0.494 e. The smallest absolute Gasteiger partial charge is 0.410 e. The zero-order chi connectivity index (χ0) is 30.2. The van der Waals surface area contributed by atoms with Crippen LogP contribution < -0.4 is 4.74 Å². The third-order valence-electron chi connectivity index (χ3n) is 7.71. The molecule has 1 aliphatic rings. The highest BCUT2D eigenvalue weighted by Gasteiger charge is 2.35. The molecule has 1 heterocycles. The molecule has 1 amide bonds. The van der Waals surface area contributed by atoms with E-state index in [1.54, 1.807) is 4.90 Å². The van der Waals surface area contributed by atoms with Gasteiger partial charge in [-0.25, -0.2) is 4.79 Å². The lowest BCUT2D eigenvalue weighted by Gasteiger charge is -2.39. The highest BCUT2D eigenvalue weighted by molar-refractivity contribution is 5.95. The summed E-state index contributed by atoms with van der Waals surface area (Å²) in [5.41, 5.74) is 2.43. The van der Waals surface area contributed by atoms with Crippen LogP contribution >= 0.6 is 0 Å². The Morgan fingerprint density at radius 3 is 2.33 bits per heavy atom. The van der Waals surface area contributed by atoms with Gasteiger partial charge in [0, 0.05) is 24.4 Å². The molecule has 2 unspecified atom stereocenters. The minimum atomic E-state index is -0.556. The van der Waals surface area contributed by atoms with Crippen molar-refractivity contribution >= 4 is 22.6 Å². The third kappa shape index (κ3) is 8.45. The highest BCUT2D eigenvalue weighted by Crippen LogP contribution is 2.33. The first kappa shape index (κ1) is 30.3. The Morgan fingerprint density at radius 2 is 1.58 bits per heavy atom. The zero-order valence-corrected chi connectivity index (χ0v) is 25.3. The molecule has 0 aromatic heterocycles. The van der Waals surface area contributed by atoms with Crippen LogP contribution in [0.4, 0.5) is 4.79 Å². The van der Waals surface area contributed by atoms with Crippen LogP contribution in [0, 0.1) is 0 Å². The van der Waals surface area contributed by atoms with Gasteiger partial charge in [-0.15, -0.1) is 0 Å². The standard InChI is InChI=1S/C37H41NO5/c1-37(2,3)43-36(40)38-22-21-33(35(25-38)42-26-27-15-16-28-10-7-8-13-31(28)24-27)29-17-19-32(20-18-29)41-23-9-14-34(39)30-11-5-4-6-12-30/h4-8,10-13,15-20,24,33,35H,9,14,21-23,25-26H2,1-3H3. The molecule has 0 spiro atoms. The van der Waals surface area contributed by atoms with Crippen LogP contribution in [0.25, 0.3) is 10.8 Å². The molecule has 5 rings (SSSR count). The number of ether oxygens (including phenoxy) is 3. The fourth-order valence-electron chi connectivity index (χ4n) is 5.49. The van der Waals surface area contributed by atoms with E-state index >= 15 is 0 Å². The maximum atomic E-state index is 12.9. The van der Waals surface area contributed by atoms with E-state index in [1.807, 2.05) is 75.4 Å². The van der Waals surface area contributed by atoms with Crippen LogP contribution in [-0.4, -0.2) is 48.2 Å². The Bertz CT molecular complexity index is 1510. The van der Waals surface area contributed by atoms with Gasteiger partial charge in [0.05, 0.1) is 25.9 Å². The van der Waals surface area contributed by atoms with Crippen molar-refractivity contribution in [3.63, 3.8) is 0 Å². The second-order valence-electron chi connectivity index (χ2n) is 12.2. The number of carbonyl (C=O) groups excluding carboxylic acids is 2. The zero-order valence-electron chi connectivity index (χ0n) is 25.3. The predicted molar refractivity (Wildman–Crippen MR) is 170 cm³/mol. The number of benzene rings is 4. The Morgan fingerprint density at radius 1 is 0.860 bits per heavy atom. The van der Waals surface area contributed by atoms with Crippen LogP contribution in [0.2, 0.25) is 0 Å². The average Bonchev–Trinajstić information content (AvgIpc) is 3.01. The van der Waals surface area contributed by atoms with Gasteiger partial charge in [-0.05, 0) is 73.7 Å². The number of Topliss-reactive ketones (excluding diaryl/α,β-unsaturated/α-hetero) is 1. The molecule has 43 heavy (non-hydrogen) atoms. The molecular formula is C37H41NO5. The van der Waals surface area contributed by atoms with Crippen molar-refractivity contribution in [1.29, 1.82) is 0 Å². The minimum Gasteiger partial charge on any atom is -0.494 e. The van der Waals surface area contributed by atoms with Crippen LogP contribution in [0.3, 0.4) is 0 Å². The van der Waals surface area contributed by atoms with Crippen molar-refractivity contribution < 1.29 is 23.8 Å². The summed E-state index contributed by atoms with van der Waals surface area (Å²) in [6.45, 7) is 7.65. The number of likely N-dealkylation sites (tertiary alicyclic amines) is 1. The van der Waals surface area contributed by atoms with E-state index in [-0.39, 0.29) is 23.9 Å². The lowest BCUT2D eigenvalue weighted by molar-refractivity contribution is -0.0359. The third-order valence-corrected chi connectivity index (χ3v) is 7.71. The molecule has 1 saturated heterocycles. The van der Waals surface area contributed by atoms with Crippen molar-refractivity contribution in [2.24, 2.45) is 0 Å². The maximum Gasteiger partial charge on any atom is 0.410 e. The fraction of sp³-hybridized carbons (Fsp3) is 0.351. The van der Waals surface area contributed by atoms with Gasteiger partial charge in [-0.2, -0.15) is 0 Å². The summed E-state index contributed by atoms with van der Waals surface area (Å²) in [5, 5.41) is 2.38. The molecule has 1 fully saturated rings. The fourth-order valence-corrected chi connectivity index (χ4v) is 5.49. The molecule has 6 nitrogen and oxygen atoms in total. The van der Waals surface area contributed by atoms with Gasteiger partial charge in [0.2, 0.25) is 0 Å². The second kappa shape index (κ2) is 13.9. The van der Waals surface area contributed by atoms with Crippen LogP contribution in [0.1, 0.15) is 67.4 Å². The van der Waals surface area contributed by atoms with Crippen molar-refractivity contribution in [3.8, 4) is 5.75 Å². The van der Waals surface area contributed by atoms with Crippen molar-refractivity contribution in [2.45, 2.75) is 64.3 Å². The first-order chi connectivity index (χ1) is 20.7. The van der Waals surface area contributed by atoms with Crippen LogP contribution in [-0.2, 0) is 16.1 Å². The molecule has 2 atom stereocenters. The lowest BCUT2D eigenvalue weighted by Crippen LogP contribution is -2.48. The van der Waals surface area contributed by atoms with Gasteiger partial charge in [0.25, 0.3) is 0 Å². The number of hydrogen-bond acceptors (Lipinski definition) is 5. The molecule has 224 valence electrons. The quantitative estimate of drug-likeness (QED) is 0.140. The summed E-state index contributed by atoms with van der Waals surface area (Å²) >= 11 is 0. The van der Waals surface area contributed by atoms with Crippen molar-refractivity contribution in [3.05, 3.63) is 114 Å². The molecule has 4 aromatic rings. The van der Waals surface area contributed by atoms with E-state index in [1.165, 1.54) is 10.8 Å². The number of ketones is 1. The van der Waals surface area contributed by atoms with E-state index in [4.69, 9.17) is 14.2 Å². The van der Waals surface area contributed by atoms with Gasteiger partial charge in [-0.3, -0.25) is 4.79 Å². The van der Waals surface area contributed by atoms with Gasteiger partial charge < -0.3 is 19.1 Å². The molecule has 0 N–H and O–H groups in total. The van der Waals surface area contributed by atoms with Gasteiger partial charge in [0.15, 0.2) is 5.78 Å². The topological polar surface area (TPSA) is 65.1 Å². The van der Waals surface area contributed by atoms with Gasteiger partial charge >= 0.3 is 6.09 Å². The number of carbonyl (C=O) groups is 2. The first-order valence-corrected chi connectivity index (χ1v) is 15.1. The molecule has 0 aliphatic carbocycles. The summed E-state index contributed by atoms with van der Waals surface area (Å²) in [6, 6.07) is 32.2. The molecule has 0 saturated carbocycles. The predicted octanol–water partition coefficient (Wildman–Crippen LogP) is 8.19. The van der Waals surface area contributed by atoms with Gasteiger partial charge in [-0.1, -0.05) is 78.9 Å².